The molecule has 0 bridgehead atoms. The van der Waals surface area contributed by atoms with Crippen molar-refractivity contribution in [2.24, 2.45) is 5.92 Å². The summed E-state index contributed by atoms with van der Waals surface area (Å²) in [5.41, 5.74) is 4.77. The lowest BCUT2D eigenvalue weighted by atomic mass is 9.98. The molecule has 1 fully saturated rings. The summed E-state index contributed by atoms with van der Waals surface area (Å²) < 4.78 is 1.85. The zero-order chi connectivity index (χ0) is 17.1. The van der Waals surface area contributed by atoms with Crippen molar-refractivity contribution < 1.29 is 5.11 Å². The third kappa shape index (κ3) is 3.96. The van der Waals surface area contributed by atoms with Crippen LogP contribution in [0.15, 0.2) is 6.20 Å². The number of aliphatic hydroxyl groups is 1. The summed E-state index contributed by atoms with van der Waals surface area (Å²) in [6, 6.07) is 0. The van der Waals surface area contributed by atoms with Crippen LogP contribution in [-0.4, -0.2) is 48.1 Å². The molecule has 130 valence electrons. The van der Waals surface area contributed by atoms with Crippen LogP contribution in [0.2, 0.25) is 0 Å². The van der Waals surface area contributed by atoms with Gasteiger partial charge in [0.15, 0.2) is 0 Å². The van der Waals surface area contributed by atoms with Gasteiger partial charge in [0.1, 0.15) is 5.69 Å². The molecule has 0 amide bonds. The van der Waals surface area contributed by atoms with Crippen molar-refractivity contribution in [2.45, 2.75) is 53.3 Å². The van der Waals surface area contributed by atoms with Crippen LogP contribution in [0.25, 0.3) is 0 Å². The van der Waals surface area contributed by atoms with E-state index in [1.807, 2.05) is 31.6 Å². The Morgan fingerprint density at radius 2 is 1.96 bits per heavy atom. The number of aliphatic hydroxyl groups excluding tert-OH is 1. The first-order valence-electron chi connectivity index (χ1n) is 8.58. The van der Waals surface area contributed by atoms with Crippen LogP contribution in [0.5, 0.6) is 0 Å². The van der Waals surface area contributed by atoms with Crippen LogP contribution >= 0.6 is 0 Å². The van der Waals surface area contributed by atoms with Gasteiger partial charge in [0.05, 0.1) is 35.6 Å². The molecule has 0 saturated carbocycles. The second-order valence-electron chi connectivity index (χ2n) is 6.76. The van der Waals surface area contributed by atoms with Crippen LogP contribution in [0.3, 0.4) is 0 Å². The van der Waals surface area contributed by atoms with Crippen molar-refractivity contribution in [1.29, 1.82) is 0 Å². The number of hydrogen-bond acceptors (Lipinski definition) is 6. The predicted octanol–water partition coefficient (Wildman–Crippen LogP) is 1.40. The average Bonchev–Trinajstić information content (AvgIpc) is 3.00. The quantitative estimate of drug-likeness (QED) is 0.892. The van der Waals surface area contributed by atoms with Crippen LogP contribution in [-0.2, 0) is 19.7 Å². The standard InChI is InChI=1S/C17H26N6O/c1-12-13(2)19-17(14(3)18-12)10-22-6-4-5-15(7-22)8-23-9-16(11-24)20-21-23/h9,15,24H,4-8,10-11H2,1-3H3. The summed E-state index contributed by atoms with van der Waals surface area (Å²) in [6.45, 7) is 9.86. The molecule has 1 unspecified atom stereocenters. The first-order valence-corrected chi connectivity index (χ1v) is 8.58. The number of nitrogens with zero attached hydrogens (tertiary/aromatic N) is 6. The molecule has 7 heteroatoms. The number of aryl methyl sites for hydroxylation is 3. The van der Waals surface area contributed by atoms with Gasteiger partial charge in [-0.05, 0) is 46.1 Å². The predicted molar refractivity (Wildman–Crippen MR) is 90.2 cm³/mol. The first-order chi connectivity index (χ1) is 11.5. The van der Waals surface area contributed by atoms with Gasteiger partial charge >= 0.3 is 0 Å². The number of aromatic nitrogens is 5. The van der Waals surface area contributed by atoms with Gasteiger partial charge in [0, 0.05) is 19.6 Å². The van der Waals surface area contributed by atoms with E-state index in [0.29, 0.717) is 11.6 Å². The Morgan fingerprint density at radius 1 is 1.17 bits per heavy atom. The number of hydrogen-bond donors (Lipinski definition) is 1. The van der Waals surface area contributed by atoms with Crippen molar-refractivity contribution in [3.05, 3.63) is 34.7 Å². The minimum Gasteiger partial charge on any atom is -0.390 e. The van der Waals surface area contributed by atoms with Crippen molar-refractivity contribution in [2.75, 3.05) is 13.1 Å². The van der Waals surface area contributed by atoms with Gasteiger partial charge in [-0.2, -0.15) is 0 Å². The second kappa shape index (κ2) is 7.36. The van der Waals surface area contributed by atoms with Gasteiger partial charge in [-0.15, -0.1) is 5.10 Å². The highest BCUT2D eigenvalue weighted by Gasteiger charge is 2.22. The van der Waals surface area contributed by atoms with Gasteiger partial charge in [0.2, 0.25) is 0 Å². The molecule has 0 aromatic carbocycles. The van der Waals surface area contributed by atoms with Crippen molar-refractivity contribution in [3.8, 4) is 0 Å². The van der Waals surface area contributed by atoms with Crippen LogP contribution < -0.4 is 0 Å². The Labute approximate surface area is 142 Å². The molecular weight excluding hydrogens is 304 g/mol. The number of piperidine rings is 1. The second-order valence-corrected chi connectivity index (χ2v) is 6.76. The average molecular weight is 330 g/mol. The highest BCUT2D eigenvalue weighted by molar-refractivity contribution is 5.17. The zero-order valence-electron chi connectivity index (χ0n) is 14.7. The van der Waals surface area contributed by atoms with E-state index >= 15 is 0 Å². The summed E-state index contributed by atoms with van der Waals surface area (Å²) in [5.74, 6) is 0.548. The molecule has 2 aromatic rings. The van der Waals surface area contributed by atoms with Gasteiger partial charge in [-0.25, -0.2) is 0 Å². The fraction of sp³-hybridized carbons (Fsp3) is 0.647. The minimum absolute atomic E-state index is 0.0541. The highest BCUT2D eigenvalue weighted by Crippen LogP contribution is 2.20. The Bertz CT molecular complexity index is 698. The molecule has 1 aliphatic rings. The molecule has 1 atom stereocenters. The van der Waals surface area contributed by atoms with E-state index in [-0.39, 0.29) is 6.61 Å². The lowest BCUT2D eigenvalue weighted by molar-refractivity contribution is 0.151. The van der Waals surface area contributed by atoms with Crippen molar-refractivity contribution in [3.63, 3.8) is 0 Å². The third-order valence-corrected chi connectivity index (χ3v) is 4.75. The van der Waals surface area contributed by atoms with Gasteiger partial charge in [-0.3, -0.25) is 19.5 Å². The molecule has 1 N–H and O–H groups in total. The molecule has 0 spiro atoms. The monoisotopic (exact) mass is 330 g/mol. The molecule has 7 nitrogen and oxygen atoms in total. The molecule has 0 aliphatic carbocycles. The molecule has 2 aromatic heterocycles. The third-order valence-electron chi connectivity index (χ3n) is 4.75. The van der Waals surface area contributed by atoms with Gasteiger partial charge < -0.3 is 5.11 Å². The largest absolute Gasteiger partial charge is 0.390 e. The fourth-order valence-corrected chi connectivity index (χ4v) is 3.33. The molecular formula is C17H26N6O. The van der Waals surface area contributed by atoms with Gasteiger partial charge in [-0.1, -0.05) is 5.21 Å². The van der Waals surface area contributed by atoms with E-state index in [1.54, 1.807) is 0 Å². The fourth-order valence-electron chi connectivity index (χ4n) is 3.33. The lowest BCUT2D eigenvalue weighted by Crippen LogP contribution is -2.37. The van der Waals surface area contributed by atoms with E-state index in [1.165, 1.54) is 12.8 Å². The Balaban J connectivity index is 1.62. The summed E-state index contributed by atoms with van der Waals surface area (Å²) in [4.78, 5) is 11.8. The number of likely N-dealkylation sites (tertiary alicyclic amines) is 1. The Kier molecular flexibility index (Phi) is 5.20. The Morgan fingerprint density at radius 3 is 2.71 bits per heavy atom. The van der Waals surface area contributed by atoms with Crippen LogP contribution in [0.4, 0.5) is 0 Å². The zero-order valence-corrected chi connectivity index (χ0v) is 14.7. The van der Waals surface area contributed by atoms with E-state index < -0.39 is 0 Å². The van der Waals surface area contributed by atoms with E-state index in [4.69, 9.17) is 10.1 Å². The normalized spacial score (nSPS) is 18.9. The smallest absolute Gasteiger partial charge is 0.108 e. The number of rotatable bonds is 5. The molecule has 3 heterocycles. The summed E-state index contributed by atoms with van der Waals surface area (Å²) in [7, 11) is 0. The maximum absolute atomic E-state index is 9.09. The molecule has 3 rings (SSSR count). The SMILES string of the molecule is Cc1nc(C)c(CN2CCCC(Cn3cc(CO)nn3)C2)nc1C. The molecule has 1 aliphatic heterocycles. The summed E-state index contributed by atoms with van der Waals surface area (Å²) >= 11 is 0. The molecule has 24 heavy (non-hydrogen) atoms. The lowest BCUT2D eigenvalue weighted by Gasteiger charge is -2.32. The topological polar surface area (TPSA) is 80.0 Å². The highest BCUT2D eigenvalue weighted by atomic mass is 16.3. The Hall–Kier alpha value is -1.86. The van der Waals surface area contributed by atoms with Crippen LogP contribution in [0.1, 0.15) is 41.3 Å². The molecule has 1 saturated heterocycles. The summed E-state index contributed by atoms with van der Waals surface area (Å²) in [6.07, 6.45) is 4.21. The van der Waals surface area contributed by atoms with Crippen molar-refractivity contribution >= 4 is 0 Å². The van der Waals surface area contributed by atoms with E-state index in [0.717, 1.165) is 49.0 Å². The van der Waals surface area contributed by atoms with Gasteiger partial charge in [0.25, 0.3) is 0 Å². The maximum Gasteiger partial charge on any atom is 0.108 e. The molecule has 0 radical (unpaired) electrons. The van der Waals surface area contributed by atoms with E-state index in [9.17, 15) is 0 Å². The summed E-state index contributed by atoms with van der Waals surface area (Å²) in [5, 5.41) is 17.1. The van der Waals surface area contributed by atoms with Crippen LogP contribution in [0, 0.1) is 26.7 Å². The van der Waals surface area contributed by atoms with Crippen molar-refractivity contribution in [1.82, 2.24) is 29.9 Å². The minimum atomic E-state index is -0.0541. The first kappa shape index (κ1) is 17.0. The maximum atomic E-state index is 9.09. The van der Waals surface area contributed by atoms with E-state index in [2.05, 4.69) is 20.2 Å².